The first-order chi connectivity index (χ1) is 12.4. The van der Waals surface area contributed by atoms with Crippen molar-refractivity contribution in [2.75, 3.05) is 37.8 Å². The van der Waals surface area contributed by atoms with Crippen LogP contribution in [0.2, 0.25) is 0 Å². The van der Waals surface area contributed by atoms with Gasteiger partial charge in [0.05, 0.1) is 26.4 Å². The second-order valence-corrected chi connectivity index (χ2v) is 5.62. The molecule has 140 valence electrons. The van der Waals surface area contributed by atoms with E-state index in [1.807, 2.05) is 13.0 Å². The Bertz CT molecular complexity index is 756. The number of amides is 1. The van der Waals surface area contributed by atoms with E-state index in [2.05, 4.69) is 5.32 Å². The summed E-state index contributed by atoms with van der Waals surface area (Å²) < 4.78 is 15.0. The van der Waals surface area contributed by atoms with Crippen LogP contribution >= 0.6 is 0 Å². The number of nitrogens with one attached hydrogen (secondary N) is 1. The summed E-state index contributed by atoms with van der Waals surface area (Å²) in [4.78, 5) is 37.6. The molecule has 2 rings (SSSR count). The van der Waals surface area contributed by atoms with Crippen LogP contribution in [0.4, 0.5) is 11.4 Å². The highest BCUT2D eigenvalue weighted by Gasteiger charge is 2.32. The maximum atomic E-state index is 12.3. The van der Waals surface area contributed by atoms with Gasteiger partial charge in [-0.2, -0.15) is 0 Å². The molecule has 26 heavy (non-hydrogen) atoms. The van der Waals surface area contributed by atoms with Gasteiger partial charge >= 0.3 is 11.9 Å². The van der Waals surface area contributed by atoms with E-state index < -0.39 is 11.9 Å². The lowest BCUT2D eigenvalue weighted by Crippen LogP contribution is -2.38. The summed E-state index contributed by atoms with van der Waals surface area (Å²) in [5.74, 6) is -1.46. The summed E-state index contributed by atoms with van der Waals surface area (Å²) in [5, 5.41) is 2.81. The fourth-order valence-corrected chi connectivity index (χ4v) is 2.50. The summed E-state index contributed by atoms with van der Waals surface area (Å²) >= 11 is 0. The number of nitrogens with zero attached hydrogens (tertiary/aromatic N) is 1. The van der Waals surface area contributed by atoms with Crippen molar-refractivity contribution in [2.45, 2.75) is 20.3 Å². The molecule has 1 aromatic rings. The van der Waals surface area contributed by atoms with Crippen molar-refractivity contribution in [3.63, 3.8) is 0 Å². The number of methoxy groups -OCH3 is 2. The molecule has 0 saturated heterocycles. The van der Waals surface area contributed by atoms with Gasteiger partial charge < -0.3 is 24.4 Å². The number of carbonyl (C=O) groups is 3. The molecule has 1 amide bonds. The van der Waals surface area contributed by atoms with Gasteiger partial charge in [0, 0.05) is 17.8 Å². The van der Waals surface area contributed by atoms with Gasteiger partial charge in [0.2, 0.25) is 5.91 Å². The van der Waals surface area contributed by atoms with E-state index in [9.17, 15) is 14.4 Å². The van der Waals surface area contributed by atoms with Gasteiger partial charge in [0.25, 0.3) is 0 Å². The highest BCUT2D eigenvalue weighted by atomic mass is 16.5. The quantitative estimate of drug-likeness (QED) is 0.797. The molecule has 0 bridgehead atoms. The molecule has 0 saturated carbocycles. The monoisotopic (exact) mass is 362 g/mol. The van der Waals surface area contributed by atoms with Gasteiger partial charge in [-0.05, 0) is 24.6 Å². The minimum Gasteiger partial charge on any atom is -0.466 e. The van der Waals surface area contributed by atoms with Crippen molar-refractivity contribution in [3.05, 3.63) is 35.0 Å². The van der Waals surface area contributed by atoms with E-state index >= 15 is 0 Å². The van der Waals surface area contributed by atoms with Crippen LogP contribution in [0, 0.1) is 6.92 Å². The van der Waals surface area contributed by atoms with Crippen LogP contribution < -0.4 is 10.2 Å². The second-order valence-electron chi connectivity index (χ2n) is 5.62. The van der Waals surface area contributed by atoms with E-state index in [0.717, 1.165) is 5.56 Å². The van der Waals surface area contributed by atoms with E-state index in [4.69, 9.17) is 14.2 Å². The number of benzene rings is 1. The molecule has 0 spiro atoms. The SMILES string of the molecule is CCC(=O)Nc1cc(N2COCC(C(=O)OC)=C2C(=O)OC)ccc1C. The molecule has 0 fully saturated rings. The van der Waals surface area contributed by atoms with Crippen molar-refractivity contribution in [2.24, 2.45) is 0 Å². The maximum absolute atomic E-state index is 12.3. The van der Waals surface area contributed by atoms with Crippen LogP contribution in [-0.2, 0) is 28.6 Å². The third kappa shape index (κ3) is 4.02. The summed E-state index contributed by atoms with van der Waals surface area (Å²) in [7, 11) is 2.47. The highest BCUT2D eigenvalue weighted by molar-refractivity contribution is 6.03. The molecule has 0 radical (unpaired) electrons. The van der Waals surface area contributed by atoms with Crippen molar-refractivity contribution < 1.29 is 28.6 Å². The maximum Gasteiger partial charge on any atom is 0.355 e. The lowest BCUT2D eigenvalue weighted by molar-refractivity contribution is -0.140. The summed E-state index contributed by atoms with van der Waals surface area (Å²) in [5.41, 5.74) is 2.19. The van der Waals surface area contributed by atoms with Crippen LogP contribution in [0.3, 0.4) is 0 Å². The van der Waals surface area contributed by atoms with Gasteiger partial charge in [-0.15, -0.1) is 0 Å². The largest absolute Gasteiger partial charge is 0.466 e. The summed E-state index contributed by atoms with van der Waals surface area (Å²) in [6.45, 7) is 3.61. The molecule has 0 unspecified atom stereocenters. The molecule has 8 heteroatoms. The number of esters is 2. The van der Waals surface area contributed by atoms with E-state index in [-0.39, 0.29) is 30.5 Å². The molecule has 1 heterocycles. The van der Waals surface area contributed by atoms with Crippen LogP contribution in [0.15, 0.2) is 29.5 Å². The standard InChI is InChI=1S/C18H22N2O6/c1-5-15(21)19-14-8-12(7-6-11(14)2)20-10-26-9-13(17(22)24-3)16(20)18(23)25-4/h6-8H,5,9-10H2,1-4H3,(H,19,21). The van der Waals surface area contributed by atoms with Crippen molar-refractivity contribution in [3.8, 4) is 0 Å². The van der Waals surface area contributed by atoms with Crippen molar-refractivity contribution >= 4 is 29.2 Å². The highest BCUT2D eigenvalue weighted by Crippen LogP contribution is 2.30. The Morgan fingerprint density at radius 2 is 1.88 bits per heavy atom. The minimum atomic E-state index is -0.673. The Kier molecular flexibility index (Phi) is 6.35. The Hall–Kier alpha value is -2.87. The Morgan fingerprint density at radius 3 is 2.50 bits per heavy atom. The van der Waals surface area contributed by atoms with Gasteiger partial charge in [-0.25, -0.2) is 9.59 Å². The zero-order valence-corrected chi connectivity index (χ0v) is 15.3. The van der Waals surface area contributed by atoms with Gasteiger partial charge in [-0.1, -0.05) is 13.0 Å². The van der Waals surface area contributed by atoms with Gasteiger partial charge in [-0.3, -0.25) is 4.79 Å². The zero-order chi connectivity index (χ0) is 19.3. The third-order valence-corrected chi connectivity index (χ3v) is 3.96. The first-order valence-corrected chi connectivity index (χ1v) is 8.08. The zero-order valence-electron chi connectivity index (χ0n) is 15.3. The van der Waals surface area contributed by atoms with E-state index in [1.165, 1.54) is 19.1 Å². The fraction of sp³-hybridized carbons (Fsp3) is 0.389. The normalized spacial score (nSPS) is 14.1. The lowest BCUT2D eigenvalue weighted by Gasteiger charge is -2.31. The number of rotatable bonds is 5. The topological polar surface area (TPSA) is 94.2 Å². The predicted molar refractivity (Wildman–Crippen MR) is 94.5 cm³/mol. The predicted octanol–water partition coefficient (Wildman–Crippen LogP) is 1.74. The number of carbonyl (C=O) groups excluding carboxylic acids is 3. The average Bonchev–Trinajstić information content (AvgIpc) is 2.67. The fourth-order valence-electron chi connectivity index (χ4n) is 2.50. The van der Waals surface area contributed by atoms with Crippen LogP contribution in [0.5, 0.6) is 0 Å². The second kappa shape index (κ2) is 8.48. The molecule has 0 aliphatic carbocycles. The smallest absolute Gasteiger partial charge is 0.355 e. The molecule has 1 aliphatic rings. The molecular formula is C18H22N2O6. The number of anilines is 2. The summed E-state index contributed by atoms with van der Waals surface area (Å²) in [6, 6.07) is 5.29. The average molecular weight is 362 g/mol. The number of hydrogen-bond acceptors (Lipinski definition) is 7. The minimum absolute atomic E-state index is 0.0507. The molecule has 0 atom stereocenters. The first-order valence-electron chi connectivity index (χ1n) is 8.08. The van der Waals surface area contributed by atoms with Crippen LogP contribution in [0.25, 0.3) is 0 Å². The third-order valence-electron chi connectivity index (χ3n) is 3.96. The Balaban J connectivity index is 2.51. The Morgan fingerprint density at radius 1 is 1.19 bits per heavy atom. The molecule has 0 aromatic heterocycles. The van der Waals surface area contributed by atoms with Gasteiger partial charge in [0.15, 0.2) is 0 Å². The Labute approximate surface area is 151 Å². The van der Waals surface area contributed by atoms with Crippen LogP contribution in [-0.4, -0.2) is 45.4 Å². The number of ether oxygens (including phenoxy) is 3. The van der Waals surface area contributed by atoms with E-state index in [0.29, 0.717) is 17.8 Å². The molecular weight excluding hydrogens is 340 g/mol. The molecule has 1 aromatic carbocycles. The van der Waals surface area contributed by atoms with Gasteiger partial charge in [0.1, 0.15) is 12.4 Å². The van der Waals surface area contributed by atoms with E-state index in [1.54, 1.807) is 19.1 Å². The first kappa shape index (κ1) is 19.5. The lowest BCUT2D eigenvalue weighted by atomic mass is 10.1. The van der Waals surface area contributed by atoms with Crippen LogP contribution in [0.1, 0.15) is 18.9 Å². The number of hydrogen-bond donors (Lipinski definition) is 1. The van der Waals surface area contributed by atoms with Crippen molar-refractivity contribution in [1.29, 1.82) is 0 Å². The molecule has 1 aliphatic heterocycles. The van der Waals surface area contributed by atoms with Crippen molar-refractivity contribution in [1.82, 2.24) is 0 Å². The number of aryl methyl sites for hydroxylation is 1. The molecule has 1 N–H and O–H groups in total. The summed E-state index contributed by atoms with van der Waals surface area (Å²) in [6.07, 6.45) is 0.344. The molecule has 8 nitrogen and oxygen atoms in total.